The Morgan fingerprint density at radius 3 is 2.71 bits per heavy atom. The van der Waals surface area contributed by atoms with Crippen LogP contribution in [0.4, 0.5) is 0 Å². The van der Waals surface area contributed by atoms with Crippen molar-refractivity contribution in [3.05, 3.63) is 42.1 Å². The first-order chi connectivity index (χ1) is 9.22. The standard InChI is InChI=1S/C15H19N3O.2ClH/c1-11(10-16)15(19)18-9-7-13-5-2-4-12-6-3-8-17-14(12)13;;/h2-6,8,11H,7,9-10,16H2,1H3,(H,18,19);2*1H. The molecule has 116 valence electrons. The van der Waals surface area contributed by atoms with Crippen molar-refractivity contribution in [2.75, 3.05) is 13.1 Å². The van der Waals surface area contributed by atoms with Gasteiger partial charge in [0.25, 0.3) is 0 Å². The van der Waals surface area contributed by atoms with E-state index in [1.54, 1.807) is 6.20 Å². The molecule has 0 saturated heterocycles. The SMILES string of the molecule is CC(CN)C(=O)NCCc1cccc2cccnc12.Cl.Cl. The monoisotopic (exact) mass is 329 g/mol. The first kappa shape index (κ1) is 19.6. The summed E-state index contributed by atoms with van der Waals surface area (Å²) in [5.41, 5.74) is 7.62. The quantitative estimate of drug-likeness (QED) is 0.884. The van der Waals surface area contributed by atoms with E-state index in [1.165, 1.54) is 0 Å². The number of hydrogen-bond acceptors (Lipinski definition) is 3. The van der Waals surface area contributed by atoms with Gasteiger partial charge in [0.2, 0.25) is 5.91 Å². The Morgan fingerprint density at radius 1 is 1.29 bits per heavy atom. The molecule has 1 amide bonds. The maximum Gasteiger partial charge on any atom is 0.224 e. The van der Waals surface area contributed by atoms with E-state index in [1.807, 2.05) is 37.3 Å². The summed E-state index contributed by atoms with van der Waals surface area (Å²) in [6.07, 6.45) is 2.57. The van der Waals surface area contributed by atoms with Gasteiger partial charge in [0, 0.05) is 30.6 Å². The second kappa shape index (κ2) is 9.55. The van der Waals surface area contributed by atoms with Crippen LogP contribution < -0.4 is 11.1 Å². The smallest absolute Gasteiger partial charge is 0.224 e. The Kier molecular flexibility index (Phi) is 8.93. The fourth-order valence-electron chi connectivity index (χ4n) is 1.97. The molecule has 0 aliphatic heterocycles. The van der Waals surface area contributed by atoms with Crippen molar-refractivity contribution in [1.29, 1.82) is 0 Å². The molecule has 0 fully saturated rings. The highest BCUT2D eigenvalue weighted by Gasteiger charge is 2.09. The van der Waals surface area contributed by atoms with Crippen molar-refractivity contribution in [2.24, 2.45) is 11.7 Å². The third-order valence-corrected chi connectivity index (χ3v) is 3.21. The number of amides is 1. The van der Waals surface area contributed by atoms with Crippen LogP contribution in [0.25, 0.3) is 10.9 Å². The minimum absolute atomic E-state index is 0. The normalized spacial score (nSPS) is 11.1. The van der Waals surface area contributed by atoms with E-state index in [9.17, 15) is 4.79 Å². The van der Waals surface area contributed by atoms with Crippen molar-refractivity contribution in [2.45, 2.75) is 13.3 Å². The van der Waals surface area contributed by atoms with E-state index in [4.69, 9.17) is 5.73 Å². The number of pyridine rings is 1. The molecule has 1 heterocycles. The van der Waals surface area contributed by atoms with Crippen LogP contribution in [0.3, 0.4) is 0 Å². The molecule has 2 aromatic rings. The van der Waals surface area contributed by atoms with Gasteiger partial charge in [-0.1, -0.05) is 31.2 Å². The van der Waals surface area contributed by atoms with Crippen LogP contribution in [-0.2, 0) is 11.2 Å². The molecular formula is C15H21Cl2N3O. The molecule has 0 aliphatic rings. The molecule has 2 rings (SSSR count). The summed E-state index contributed by atoms with van der Waals surface area (Å²) in [7, 11) is 0. The third-order valence-electron chi connectivity index (χ3n) is 3.21. The number of nitrogens with zero attached hydrogens (tertiary/aromatic N) is 1. The topological polar surface area (TPSA) is 68.0 Å². The van der Waals surface area contributed by atoms with Gasteiger partial charge >= 0.3 is 0 Å². The summed E-state index contributed by atoms with van der Waals surface area (Å²) < 4.78 is 0. The number of fused-ring (bicyclic) bond motifs is 1. The number of rotatable bonds is 5. The van der Waals surface area contributed by atoms with Crippen LogP contribution in [0.2, 0.25) is 0 Å². The van der Waals surface area contributed by atoms with E-state index in [0.717, 1.165) is 22.9 Å². The molecule has 1 aromatic carbocycles. The minimum Gasteiger partial charge on any atom is -0.355 e. The number of benzene rings is 1. The Labute approximate surface area is 137 Å². The average molecular weight is 330 g/mol. The molecule has 1 atom stereocenters. The van der Waals surface area contributed by atoms with Crippen LogP contribution in [0.15, 0.2) is 36.5 Å². The van der Waals surface area contributed by atoms with Crippen molar-refractivity contribution < 1.29 is 4.79 Å². The van der Waals surface area contributed by atoms with Crippen molar-refractivity contribution in [3.63, 3.8) is 0 Å². The number of carbonyl (C=O) groups excluding carboxylic acids is 1. The second-order valence-electron chi connectivity index (χ2n) is 4.67. The van der Waals surface area contributed by atoms with E-state index in [2.05, 4.69) is 10.3 Å². The molecule has 1 aromatic heterocycles. The highest BCUT2D eigenvalue weighted by atomic mass is 35.5. The van der Waals surface area contributed by atoms with E-state index >= 15 is 0 Å². The average Bonchev–Trinajstić information content (AvgIpc) is 2.46. The van der Waals surface area contributed by atoms with Gasteiger partial charge in [0.1, 0.15) is 0 Å². The third kappa shape index (κ3) is 5.16. The molecule has 0 spiro atoms. The molecule has 0 aliphatic carbocycles. The first-order valence-electron chi connectivity index (χ1n) is 6.52. The van der Waals surface area contributed by atoms with Crippen LogP contribution >= 0.6 is 24.8 Å². The lowest BCUT2D eigenvalue weighted by atomic mass is 10.1. The lowest BCUT2D eigenvalue weighted by Crippen LogP contribution is -2.34. The molecule has 0 radical (unpaired) electrons. The molecule has 3 N–H and O–H groups in total. The summed E-state index contributed by atoms with van der Waals surface area (Å²) in [5.74, 6) is -0.124. The maximum absolute atomic E-state index is 11.6. The van der Waals surface area contributed by atoms with Gasteiger partial charge < -0.3 is 11.1 Å². The van der Waals surface area contributed by atoms with Crippen molar-refractivity contribution >= 4 is 41.6 Å². The molecule has 6 heteroatoms. The number of halogens is 2. The van der Waals surface area contributed by atoms with Gasteiger partial charge in [-0.25, -0.2) is 0 Å². The molecular weight excluding hydrogens is 309 g/mol. The minimum atomic E-state index is -0.134. The lowest BCUT2D eigenvalue weighted by Gasteiger charge is -2.10. The number of hydrogen-bond donors (Lipinski definition) is 2. The fourth-order valence-corrected chi connectivity index (χ4v) is 1.97. The van der Waals surface area contributed by atoms with Crippen molar-refractivity contribution in [3.8, 4) is 0 Å². The Balaban J connectivity index is 0.00000200. The summed E-state index contributed by atoms with van der Waals surface area (Å²) in [6.45, 7) is 2.81. The Hall–Kier alpha value is -1.36. The zero-order valence-electron chi connectivity index (χ0n) is 11.9. The van der Waals surface area contributed by atoms with Gasteiger partial charge in [0.15, 0.2) is 0 Å². The maximum atomic E-state index is 11.6. The summed E-state index contributed by atoms with van der Waals surface area (Å²) in [6, 6.07) is 10.1. The molecule has 0 bridgehead atoms. The summed E-state index contributed by atoms with van der Waals surface area (Å²) in [4.78, 5) is 16.0. The number of aromatic nitrogens is 1. The predicted octanol–water partition coefficient (Wildman–Crippen LogP) is 2.33. The predicted molar refractivity (Wildman–Crippen MR) is 91.2 cm³/mol. The molecule has 0 saturated carbocycles. The van der Waals surface area contributed by atoms with Crippen molar-refractivity contribution in [1.82, 2.24) is 10.3 Å². The number of nitrogens with two attached hydrogens (primary N) is 1. The zero-order chi connectivity index (χ0) is 13.7. The zero-order valence-corrected chi connectivity index (χ0v) is 13.5. The van der Waals surface area contributed by atoms with E-state index < -0.39 is 0 Å². The fraction of sp³-hybridized carbons (Fsp3) is 0.333. The first-order valence-corrected chi connectivity index (χ1v) is 6.52. The van der Waals surface area contributed by atoms with E-state index in [-0.39, 0.29) is 36.6 Å². The van der Waals surface area contributed by atoms with Gasteiger partial charge in [-0.05, 0) is 18.1 Å². The van der Waals surface area contributed by atoms with Gasteiger partial charge in [-0.15, -0.1) is 24.8 Å². The van der Waals surface area contributed by atoms with E-state index in [0.29, 0.717) is 13.1 Å². The summed E-state index contributed by atoms with van der Waals surface area (Å²) >= 11 is 0. The Morgan fingerprint density at radius 2 is 2.00 bits per heavy atom. The molecule has 1 unspecified atom stereocenters. The van der Waals surface area contributed by atoms with Gasteiger partial charge in [-0.2, -0.15) is 0 Å². The van der Waals surface area contributed by atoms with Gasteiger partial charge in [-0.3, -0.25) is 9.78 Å². The molecule has 21 heavy (non-hydrogen) atoms. The van der Waals surface area contributed by atoms with Crippen LogP contribution in [0, 0.1) is 5.92 Å². The number of nitrogens with one attached hydrogen (secondary N) is 1. The highest BCUT2D eigenvalue weighted by molar-refractivity contribution is 5.85. The lowest BCUT2D eigenvalue weighted by molar-refractivity contribution is -0.124. The van der Waals surface area contributed by atoms with Crippen LogP contribution in [0.5, 0.6) is 0 Å². The number of para-hydroxylation sites is 1. The highest BCUT2D eigenvalue weighted by Crippen LogP contribution is 2.15. The largest absolute Gasteiger partial charge is 0.355 e. The Bertz CT molecular complexity index is 572. The molecule has 4 nitrogen and oxygen atoms in total. The number of carbonyl (C=O) groups is 1. The van der Waals surface area contributed by atoms with Crippen LogP contribution in [0.1, 0.15) is 12.5 Å². The summed E-state index contributed by atoms with van der Waals surface area (Å²) in [5, 5.41) is 4.03. The second-order valence-corrected chi connectivity index (χ2v) is 4.67. The van der Waals surface area contributed by atoms with Gasteiger partial charge in [0.05, 0.1) is 5.52 Å². The van der Waals surface area contributed by atoms with Crippen LogP contribution in [-0.4, -0.2) is 24.0 Å².